The number of hydrogen-bond acceptors (Lipinski definition) is 2. The van der Waals surface area contributed by atoms with Crippen LogP contribution in [0.3, 0.4) is 0 Å². The fourth-order valence-electron chi connectivity index (χ4n) is 1.68. The maximum atomic E-state index is 11.7. The lowest BCUT2D eigenvalue weighted by molar-refractivity contribution is -0.123. The monoisotopic (exact) mass is 234 g/mol. The van der Waals surface area contributed by atoms with Crippen molar-refractivity contribution in [3.05, 3.63) is 35.4 Å². The van der Waals surface area contributed by atoms with Crippen molar-refractivity contribution in [1.82, 2.24) is 5.32 Å². The Hall–Kier alpha value is -1.35. The van der Waals surface area contributed by atoms with E-state index in [9.17, 15) is 4.79 Å². The van der Waals surface area contributed by atoms with Gasteiger partial charge in [0.2, 0.25) is 5.91 Å². The zero-order valence-electron chi connectivity index (χ0n) is 10.9. The van der Waals surface area contributed by atoms with Crippen LogP contribution in [-0.2, 0) is 4.79 Å². The fraction of sp³-hybridized carbons (Fsp3) is 0.500. The van der Waals surface area contributed by atoms with Crippen LogP contribution >= 0.6 is 0 Å². The zero-order chi connectivity index (χ0) is 12.8. The van der Waals surface area contributed by atoms with Crippen molar-refractivity contribution < 1.29 is 4.79 Å². The van der Waals surface area contributed by atoms with Crippen molar-refractivity contribution in [2.45, 2.75) is 45.7 Å². The van der Waals surface area contributed by atoms with E-state index in [1.807, 2.05) is 6.92 Å². The first-order valence-electron chi connectivity index (χ1n) is 6.21. The molecule has 0 fully saturated rings. The average molecular weight is 234 g/mol. The Labute approximate surface area is 103 Å². The van der Waals surface area contributed by atoms with E-state index in [1.165, 1.54) is 5.56 Å². The second-order valence-electron chi connectivity index (χ2n) is 4.39. The first-order valence-corrected chi connectivity index (χ1v) is 6.21. The molecule has 0 heterocycles. The van der Waals surface area contributed by atoms with Gasteiger partial charge in [-0.15, -0.1) is 0 Å². The van der Waals surface area contributed by atoms with E-state index in [2.05, 4.69) is 43.4 Å². The van der Waals surface area contributed by atoms with Crippen LogP contribution in [0.1, 0.15) is 43.9 Å². The van der Waals surface area contributed by atoms with Crippen LogP contribution in [0.2, 0.25) is 0 Å². The second-order valence-corrected chi connectivity index (χ2v) is 4.39. The lowest BCUT2D eigenvalue weighted by atomic mass is 10.0. The van der Waals surface area contributed by atoms with Gasteiger partial charge in [-0.3, -0.25) is 4.79 Å². The highest BCUT2D eigenvalue weighted by Gasteiger charge is 2.16. The summed E-state index contributed by atoms with van der Waals surface area (Å²) >= 11 is 0. The van der Waals surface area contributed by atoms with Crippen LogP contribution in [0.5, 0.6) is 0 Å². The number of amides is 1. The van der Waals surface area contributed by atoms with Gasteiger partial charge >= 0.3 is 0 Å². The molecule has 0 radical (unpaired) electrons. The highest BCUT2D eigenvalue weighted by Crippen LogP contribution is 2.17. The van der Waals surface area contributed by atoms with Gasteiger partial charge in [0.25, 0.3) is 0 Å². The maximum absolute atomic E-state index is 11.7. The first-order chi connectivity index (χ1) is 8.08. The molecule has 0 aliphatic heterocycles. The summed E-state index contributed by atoms with van der Waals surface area (Å²) in [6.45, 7) is 6.02. The van der Waals surface area contributed by atoms with Gasteiger partial charge in [0.15, 0.2) is 0 Å². The smallest absolute Gasteiger partial charge is 0.237 e. The molecular weight excluding hydrogens is 212 g/mol. The first kappa shape index (κ1) is 13.7. The van der Waals surface area contributed by atoms with Gasteiger partial charge in [-0.05, 0) is 25.3 Å². The van der Waals surface area contributed by atoms with E-state index < -0.39 is 6.04 Å². The molecule has 0 unspecified atom stereocenters. The summed E-state index contributed by atoms with van der Waals surface area (Å²) in [4.78, 5) is 11.7. The molecule has 1 rings (SSSR count). The highest BCUT2D eigenvalue weighted by atomic mass is 16.2. The lowest BCUT2D eigenvalue weighted by Gasteiger charge is -2.19. The molecule has 1 aromatic carbocycles. The van der Waals surface area contributed by atoms with Gasteiger partial charge in [-0.25, -0.2) is 0 Å². The van der Waals surface area contributed by atoms with Gasteiger partial charge in [0.1, 0.15) is 0 Å². The van der Waals surface area contributed by atoms with Gasteiger partial charge in [0.05, 0.1) is 12.1 Å². The number of benzene rings is 1. The van der Waals surface area contributed by atoms with Crippen LogP contribution in [0, 0.1) is 6.92 Å². The summed E-state index contributed by atoms with van der Waals surface area (Å²) in [5.41, 5.74) is 8.07. The molecule has 0 saturated heterocycles. The fourth-order valence-corrected chi connectivity index (χ4v) is 1.68. The molecule has 0 aromatic heterocycles. The summed E-state index contributed by atoms with van der Waals surface area (Å²) in [7, 11) is 0. The minimum Gasteiger partial charge on any atom is -0.348 e. The van der Waals surface area contributed by atoms with E-state index in [4.69, 9.17) is 5.73 Å². The third kappa shape index (κ3) is 3.86. The van der Waals surface area contributed by atoms with Crippen molar-refractivity contribution in [3.8, 4) is 0 Å². The Morgan fingerprint density at radius 2 is 1.82 bits per heavy atom. The van der Waals surface area contributed by atoms with Gasteiger partial charge in [-0.1, -0.05) is 43.7 Å². The molecule has 94 valence electrons. The third-order valence-electron chi connectivity index (χ3n) is 2.98. The third-order valence-corrected chi connectivity index (χ3v) is 2.98. The lowest BCUT2D eigenvalue weighted by Crippen LogP contribution is -2.41. The Balaban J connectivity index is 2.72. The molecule has 0 aliphatic carbocycles. The maximum Gasteiger partial charge on any atom is 0.237 e. The summed E-state index contributed by atoms with van der Waals surface area (Å²) in [5.74, 6) is -0.0695. The molecule has 3 heteroatoms. The number of carbonyl (C=O) groups is 1. The standard InChI is InChI=1S/C14H22N2O/c1-4-12(15)14(17)16-13(5-2)11-8-6-10(3)7-9-11/h6-9,12-13H,4-5,15H2,1-3H3,(H,16,17)/t12-,13-/m0/s1. The predicted octanol–water partition coefficient (Wildman–Crippen LogP) is 2.30. The minimum absolute atomic E-state index is 0.0562. The second kappa shape index (κ2) is 6.40. The highest BCUT2D eigenvalue weighted by molar-refractivity contribution is 5.81. The zero-order valence-corrected chi connectivity index (χ0v) is 10.9. The van der Waals surface area contributed by atoms with Crippen molar-refractivity contribution in [3.63, 3.8) is 0 Å². The van der Waals surface area contributed by atoms with Crippen LogP contribution < -0.4 is 11.1 Å². The number of rotatable bonds is 5. The quantitative estimate of drug-likeness (QED) is 0.821. The molecule has 2 atom stereocenters. The number of nitrogens with two attached hydrogens (primary N) is 1. The van der Waals surface area contributed by atoms with Gasteiger partial charge < -0.3 is 11.1 Å². The van der Waals surface area contributed by atoms with E-state index >= 15 is 0 Å². The van der Waals surface area contributed by atoms with E-state index in [0.29, 0.717) is 6.42 Å². The summed E-state index contributed by atoms with van der Waals surface area (Å²) in [6.07, 6.45) is 1.53. The molecule has 0 aliphatic rings. The molecule has 3 N–H and O–H groups in total. The van der Waals surface area contributed by atoms with Crippen LogP contribution in [0.15, 0.2) is 24.3 Å². The van der Waals surface area contributed by atoms with Crippen molar-refractivity contribution in [2.24, 2.45) is 5.73 Å². The Bertz CT molecular complexity index is 359. The molecule has 0 saturated carbocycles. The SMILES string of the molecule is CC[C@H](NC(=O)[C@@H](N)CC)c1ccc(C)cc1. The molecule has 1 aromatic rings. The van der Waals surface area contributed by atoms with E-state index in [1.54, 1.807) is 0 Å². The van der Waals surface area contributed by atoms with Crippen LogP contribution in [0.25, 0.3) is 0 Å². The number of aryl methyl sites for hydroxylation is 1. The van der Waals surface area contributed by atoms with Gasteiger partial charge in [-0.2, -0.15) is 0 Å². The van der Waals surface area contributed by atoms with E-state index in [-0.39, 0.29) is 11.9 Å². The van der Waals surface area contributed by atoms with Crippen LogP contribution in [-0.4, -0.2) is 11.9 Å². The Morgan fingerprint density at radius 3 is 2.29 bits per heavy atom. The van der Waals surface area contributed by atoms with Crippen molar-refractivity contribution in [2.75, 3.05) is 0 Å². The normalized spacial score (nSPS) is 14.1. The minimum atomic E-state index is -0.408. The molecule has 0 spiro atoms. The van der Waals surface area contributed by atoms with E-state index in [0.717, 1.165) is 12.0 Å². The Morgan fingerprint density at radius 1 is 1.24 bits per heavy atom. The topological polar surface area (TPSA) is 55.1 Å². The van der Waals surface area contributed by atoms with Crippen molar-refractivity contribution >= 4 is 5.91 Å². The predicted molar refractivity (Wildman–Crippen MR) is 70.6 cm³/mol. The Kier molecular flexibility index (Phi) is 5.16. The summed E-state index contributed by atoms with van der Waals surface area (Å²) in [6, 6.07) is 7.88. The number of carbonyl (C=O) groups excluding carboxylic acids is 1. The average Bonchev–Trinajstić information content (AvgIpc) is 2.35. The van der Waals surface area contributed by atoms with Crippen molar-refractivity contribution in [1.29, 1.82) is 0 Å². The summed E-state index contributed by atoms with van der Waals surface area (Å²) < 4.78 is 0. The molecule has 3 nitrogen and oxygen atoms in total. The molecule has 1 amide bonds. The van der Waals surface area contributed by atoms with Crippen LogP contribution in [0.4, 0.5) is 0 Å². The molecular formula is C14H22N2O. The molecule has 17 heavy (non-hydrogen) atoms. The van der Waals surface area contributed by atoms with Gasteiger partial charge in [0, 0.05) is 0 Å². The summed E-state index contributed by atoms with van der Waals surface area (Å²) in [5, 5.41) is 2.99. The molecule has 0 bridgehead atoms. The number of nitrogens with one attached hydrogen (secondary N) is 1. The largest absolute Gasteiger partial charge is 0.348 e. The number of hydrogen-bond donors (Lipinski definition) is 2.